The van der Waals surface area contributed by atoms with Crippen LogP contribution in [0.5, 0.6) is 5.75 Å². The van der Waals surface area contributed by atoms with Gasteiger partial charge in [-0.1, -0.05) is 69.2 Å². The minimum absolute atomic E-state index is 0.135. The highest BCUT2D eigenvalue weighted by atomic mass is 16.5. The Morgan fingerprint density at radius 2 is 1.60 bits per heavy atom. The minimum atomic E-state index is -0.944. The van der Waals surface area contributed by atoms with E-state index in [2.05, 4.69) is 12.1 Å². The van der Waals surface area contributed by atoms with Gasteiger partial charge in [-0.15, -0.1) is 0 Å². The van der Waals surface area contributed by atoms with Crippen molar-refractivity contribution in [1.29, 1.82) is 0 Å². The fourth-order valence-electron chi connectivity index (χ4n) is 5.94. The molecular formula is C30H39NO4. The van der Waals surface area contributed by atoms with Crippen molar-refractivity contribution in [2.75, 3.05) is 13.7 Å². The Morgan fingerprint density at radius 1 is 0.971 bits per heavy atom. The van der Waals surface area contributed by atoms with Crippen LogP contribution in [0, 0.1) is 5.92 Å². The molecule has 1 unspecified atom stereocenters. The number of hydrogen-bond donors (Lipinski definition) is 1. The van der Waals surface area contributed by atoms with E-state index < -0.39 is 11.4 Å². The molecule has 0 radical (unpaired) electrons. The molecule has 2 aliphatic rings. The van der Waals surface area contributed by atoms with Crippen LogP contribution < -0.4 is 4.74 Å². The number of hydrogen-bond acceptors (Lipinski definition) is 3. The van der Waals surface area contributed by atoms with Gasteiger partial charge in [0.2, 0.25) is 5.91 Å². The first-order chi connectivity index (χ1) is 16.9. The van der Waals surface area contributed by atoms with Crippen LogP contribution in [0.1, 0.15) is 98.7 Å². The first kappa shape index (κ1) is 25.3. The summed E-state index contributed by atoms with van der Waals surface area (Å²) in [7, 11) is 1.86. The van der Waals surface area contributed by atoms with Crippen molar-refractivity contribution in [2.45, 2.75) is 82.6 Å². The summed E-state index contributed by atoms with van der Waals surface area (Å²) in [4.78, 5) is 26.9. The maximum absolute atomic E-state index is 13.9. The van der Waals surface area contributed by atoms with E-state index in [-0.39, 0.29) is 17.5 Å². The number of carbonyl (C=O) groups is 2. The molecule has 0 bridgehead atoms. The number of likely N-dealkylation sites (N-methyl/N-ethyl adjacent to an activating group) is 1. The maximum Gasteiger partial charge on any atom is 0.335 e. The Hall–Kier alpha value is -2.82. The predicted octanol–water partition coefficient (Wildman–Crippen LogP) is 6.77. The zero-order valence-corrected chi connectivity index (χ0v) is 21.2. The van der Waals surface area contributed by atoms with Crippen LogP contribution >= 0.6 is 0 Å². The molecular weight excluding hydrogens is 438 g/mol. The number of benzene rings is 2. The van der Waals surface area contributed by atoms with Crippen molar-refractivity contribution in [1.82, 2.24) is 4.90 Å². The Balaban J connectivity index is 1.43. The summed E-state index contributed by atoms with van der Waals surface area (Å²) in [5.74, 6) is 0.876. The largest absolute Gasteiger partial charge is 0.494 e. The highest BCUT2D eigenvalue weighted by molar-refractivity contribution is 5.89. The molecule has 4 rings (SSSR count). The third-order valence-corrected chi connectivity index (χ3v) is 8.33. The van der Waals surface area contributed by atoms with Crippen molar-refractivity contribution in [2.24, 2.45) is 5.92 Å². The number of carbonyl (C=O) groups excluding carboxylic acids is 1. The Bertz CT molecular complexity index is 986. The van der Waals surface area contributed by atoms with Crippen LogP contribution in [0.4, 0.5) is 0 Å². The highest BCUT2D eigenvalue weighted by Gasteiger charge is 2.45. The van der Waals surface area contributed by atoms with Crippen molar-refractivity contribution in [3.63, 3.8) is 0 Å². The van der Waals surface area contributed by atoms with E-state index in [4.69, 9.17) is 9.84 Å². The second kappa shape index (κ2) is 11.3. The molecule has 0 aliphatic heterocycles. The van der Waals surface area contributed by atoms with Crippen LogP contribution in [0.3, 0.4) is 0 Å². The third-order valence-electron chi connectivity index (χ3n) is 8.33. The second-order valence-electron chi connectivity index (χ2n) is 10.5. The Kier molecular flexibility index (Phi) is 8.15. The summed E-state index contributed by atoms with van der Waals surface area (Å²) in [5, 5.41) is 9.17. The SMILES string of the molecule is CC(c1ccc(C(=O)O)cc1)N(C)C(=O)C1(c2ccc(OCCC3CCCCC3)cc2)CCCC1. The summed E-state index contributed by atoms with van der Waals surface area (Å²) in [5.41, 5.74) is 1.74. The smallest absolute Gasteiger partial charge is 0.335 e. The molecule has 2 aromatic carbocycles. The topological polar surface area (TPSA) is 66.8 Å². The zero-order chi connectivity index (χ0) is 24.8. The Labute approximate surface area is 209 Å². The average molecular weight is 478 g/mol. The van der Waals surface area contributed by atoms with Crippen LogP contribution in [0.15, 0.2) is 48.5 Å². The molecule has 1 amide bonds. The number of carboxylic acids is 1. The number of nitrogens with zero attached hydrogens (tertiary/aromatic N) is 1. The fourth-order valence-corrected chi connectivity index (χ4v) is 5.94. The predicted molar refractivity (Wildman–Crippen MR) is 138 cm³/mol. The van der Waals surface area contributed by atoms with Crippen molar-refractivity contribution >= 4 is 11.9 Å². The molecule has 0 saturated heterocycles. The summed E-state index contributed by atoms with van der Waals surface area (Å²) in [6, 6.07) is 14.9. The average Bonchev–Trinajstić information content (AvgIpc) is 3.40. The van der Waals surface area contributed by atoms with E-state index in [1.54, 1.807) is 24.3 Å². The Morgan fingerprint density at radius 3 is 2.20 bits per heavy atom. The summed E-state index contributed by atoms with van der Waals surface area (Å²) in [6.07, 6.45) is 11.7. The lowest BCUT2D eigenvalue weighted by atomic mass is 9.77. The number of carboxylic acid groups (broad SMARTS) is 1. The first-order valence-corrected chi connectivity index (χ1v) is 13.2. The number of rotatable bonds is 9. The van der Waals surface area contributed by atoms with Gasteiger partial charge in [0.1, 0.15) is 5.75 Å². The lowest BCUT2D eigenvalue weighted by Gasteiger charge is -2.36. The lowest BCUT2D eigenvalue weighted by molar-refractivity contribution is -0.138. The number of ether oxygens (including phenoxy) is 1. The molecule has 5 heteroatoms. The van der Waals surface area contributed by atoms with Gasteiger partial charge in [-0.3, -0.25) is 4.79 Å². The molecule has 0 heterocycles. The van der Waals surface area contributed by atoms with Crippen molar-refractivity contribution in [3.8, 4) is 5.75 Å². The lowest BCUT2D eigenvalue weighted by Crippen LogP contribution is -2.44. The van der Waals surface area contributed by atoms with Crippen LogP contribution in [-0.2, 0) is 10.2 Å². The maximum atomic E-state index is 13.9. The van der Waals surface area contributed by atoms with Crippen LogP contribution in [0.25, 0.3) is 0 Å². The third kappa shape index (κ3) is 5.71. The van der Waals surface area contributed by atoms with E-state index in [0.717, 1.165) is 61.5 Å². The fraction of sp³-hybridized carbons (Fsp3) is 0.533. The van der Waals surface area contributed by atoms with E-state index >= 15 is 0 Å². The zero-order valence-electron chi connectivity index (χ0n) is 21.2. The van der Waals surface area contributed by atoms with Gasteiger partial charge >= 0.3 is 5.97 Å². The molecule has 2 aliphatic carbocycles. The van der Waals surface area contributed by atoms with Gasteiger partial charge in [0.05, 0.1) is 23.6 Å². The molecule has 2 saturated carbocycles. The minimum Gasteiger partial charge on any atom is -0.494 e. The molecule has 188 valence electrons. The van der Waals surface area contributed by atoms with Gasteiger partial charge < -0.3 is 14.7 Å². The molecule has 1 N–H and O–H groups in total. The monoisotopic (exact) mass is 477 g/mol. The van der Waals surface area contributed by atoms with Crippen LogP contribution in [0.2, 0.25) is 0 Å². The van der Waals surface area contributed by atoms with Gasteiger partial charge in [0, 0.05) is 7.05 Å². The van der Waals surface area contributed by atoms with Gasteiger partial charge in [-0.05, 0) is 67.5 Å². The number of amides is 1. The van der Waals surface area contributed by atoms with E-state index in [9.17, 15) is 9.59 Å². The van der Waals surface area contributed by atoms with Crippen molar-refractivity contribution in [3.05, 3.63) is 65.2 Å². The summed E-state index contributed by atoms with van der Waals surface area (Å²) in [6.45, 7) is 2.76. The molecule has 35 heavy (non-hydrogen) atoms. The molecule has 0 aromatic heterocycles. The van der Waals surface area contributed by atoms with E-state index in [1.165, 1.54) is 32.1 Å². The van der Waals surface area contributed by atoms with E-state index in [1.807, 2.05) is 31.0 Å². The van der Waals surface area contributed by atoms with Gasteiger partial charge in [0.25, 0.3) is 0 Å². The van der Waals surface area contributed by atoms with Gasteiger partial charge in [-0.25, -0.2) is 4.79 Å². The van der Waals surface area contributed by atoms with Crippen molar-refractivity contribution < 1.29 is 19.4 Å². The first-order valence-electron chi connectivity index (χ1n) is 13.2. The van der Waals surface area contributed by atoms with Crippen LogP contribution in [-0.4, -0.2) is 35.5 Å². The summed E-state index contributed by atoms with van der Waals surface area (Å²) >= 11 is 0. The molecule has 2 aromatic rings. The standard InChI is InChI=1S/C30H39NO4/c1-22(24-10-12-25(13-11-24)28(32)33)31(2)29(34)30(19-6-7-20-30)26-14-16-27(17-15-26)35-21-18-23-8-4-3-5-9-23/h10-17,22-23H,3-9,18-21H2,1-2H3,(H,32,33). The highest BCUT2D eigenvalue weighted by Crippen LogP contribution is 2.44. The second-order valence-corrected chi connectivity index (χ2v) is 10.5. The quantitative estimate of drug-likeness (QED) is 0.433. The van der Waals surface area contributed by atoms with Gasteiger partial charge in [0.15, 0.2) is 0 Å². The molecule has 2 fully saturated rings. The molecule has 1 atom stereocenters. The summed E-state index contributed by atoms with van der Waals surface area (Å²) < 4.78 is 6.05. The normalized spacial score (nSPS) is 18.7. The molecule has 0 spiro atoms. The number of aromatic carboxylic acids is 1. The van der Waals surface area contributed by atoms with Gasteiger partial charge in [-0.2, -0.15) is 0 Å². The molecule has 5 nitrogen and oxygen atoms in total. The van der Waals surface area contributed by atoms with E-state index in [0.29, 0.717) is 0 Å².